The summed E-state index contributed by atoms with van der Waals surface area (Å²) in [6.45, 7) is 5.23. The second-order valence-electron chi connectivity index (χ2n) is 8.22. The summed E-state index contributed by atoms with van der Waals surface area (Å²) in [5.41, 5.74) is 2.22. The first-order valence-corrected chi connectivity index (χ1v) is 10.5. The zero-order chi connectivity index (χ0) is 16.8. The van der Waals surface area contributed by atoms with Crippen LogP contribution in [0.2, 0.25) is 0 Å². The highest BCUT2D eigenvalue weighted by Crippen LogP contribution is 2.39. The van der Waals surface area contributed by atoms with Gasteiger partial charge in [0.2, 0.25) is 0 Å². The van der Waals surface area contributed by atoms with Gasteiger partial charge in [-0.25, -0.2) is 0 Å². The maximum Gasteiger partial charge on any atom is 0.0431 e. The second kappa shape index (κ2) is 13.0. The van der Waals surface area contributed by atoms with Gasteiger partial charge in [0.1, 0.15) is 0 Å². The van der Waals surface area contributed by atoms with Gasteiger partial charge in [0.25, 0.3) is 0 Å². The van der Waals surface area contributed by atoms with Crippen LogP contribution in [0.5, 0.6) is 0 Å². The molecule has 0 aromatic heterocycles. The molecule has 0 radical (unpaired) electrons. The van der Waals surface area contributed by atoms with Crippen molar-refractivity contribution in [2.45, 2.75) is 117 Å². The summed E-state index contributed by atoms with van der Waals surface area (Å²) in [6, 6.07) is 0. The fraction of sp³-hybridized carbons (Fsp3) is 0.909. The SMILES string of the molecule is CC1(C)CCCC=C1CCCCCCCCCCCCCCO. The normalized spacial score (nSPS) is 17.3. The zero-order valence-electron chi connectivity index (χ0n) is 16.0. The van der Waals surface area contributed by atoms with Crippen molar-refractivity contribution in [2.24, 2.45) is 5.41 Å². The molecule has 0 aromatic carbocycles. The first-order valence-electron chi connectivity index (χ1n) is 10.5. The molecular weight excluding hydrogens is 280 g/mol. The molecule has 0 aliphatic heterocycles. The van der Waals surface area contributed by atoms with E-state index in [0.29, 0.717) is 12.0 Å². The first-order chi connectivity index (χ1) is 11.2. The molecule has 1 aliphatic rings. The highest BCUT2D eigenvalue weighted by atomic mass is 16.2. The maximum atomic E-state index is 8.72. The third-order valence-corrected chi connectivity index (χ3v) is 5.62. The molecule has 0 unspecified atom stereocenters. The van der Waals surface area contributed by atoms with Gasteiger partial charge in [-0.3, -0.25) is 0 Å². The number of unbranched alkanes of at least 4 members (excludes halogenated alkanes) is 11. The van der Waals surface area contributed by atoms with Crippen molar-refractivity contribution in [3.63, 3.8) is 0 Å². The first kappa shape index (κ1) is 20.7. The molecule has 0 atom stereocenters. The van der Waals surface area contributed by atoms with Gasteiger partial charge in [0.15, 0.2) is 0 Å². The fourth-order valence-corrected chi connectivity index (χ4v) is 3.89. The number of rotatable bonds is 14. The summed E-state index contributed by atoms with van der Waals surface area (Å²) < 4.78 is 0. The van der Waals surface area contributed by atoms with Crippen molar-refractivity contribution in [2.75, 3.05) is 6.61 Å². The summed E-state index contributed by atoms with van der Waals surface area (Å²) in [5, 5.41) is 8.72. The van der Waals surface area contributed by atoms with Crippen LogP contribution in [0.25, 0.3) is 0 Å². The van der Waals surface area contributed by atoms with Gasteiger partial charge in [0, 0.05) is 6.61 Å². The largest absolute Gasteiger partial charge is 0.396 e. The molecule has 0 aromatic rings. The maximum absolute atomic E-state index is 8.72. The van der Waals surface area contributed by atoms with Crippen LogP contribution in [-0.4, -0.2) is 11.7 Å². The number of hydrogen-bond donors (Lipinski definition) is 1. The molecule has 0 heterocycles. The minimum atomic E-state index is 0.370. The van der Waals surface area contributed by atoms with Crippen LogP contribution >= 0.6 is 0 Å². The Morgan fingerprint density at radius 3 is 1.74 bits per heavy atom. The van der Waals surface area contributed by atoms with Crippen LogP contribution in [-0.2, 0) is 0 Å². The zero-order valence-corrected chi connectivity index (χ0v) is 16.0. The molecule has 1 nitrogen and oxygen atoms in total. The van der Waals surface area contributed by atoms with E-state index in [0.717, 1.165) is 6.42 Å². The van der Waals surface area contributed by atoms with Crippen LogP contribution in [0.3, 0.4) is 0 Å². The average Bonchev–Trinajstić information content (AvgIpc) is 2.53. The lowest BCUT2D eigenvalue weighted by Gasteiger charge is -2.32. The van der Waals surface area contributed by atoms with Crippen molar-refractivity contribution in [1.29, 1.82) is 0 Å². The third-order valence-electron chi connectivity index (χ3n) is 5.62. The van der Waals surface area contributed by atoms with E-state index >= 15 is 0 Å². The minimum absolute atomic E-state index is 0.370. The van der Waals surface area contributed by atoms with Crippen molar-refractivity contribution >= 4 is 0 Å². The van der Waals surface area contributed by atoms with Gasteiger partial charge in [-0.05, 0) is 43.9 Å². The van der Waals surface area contributed by atoms with Gasteiger partial charge in [-0.15, -0.1) is 0 Å². The van der Waals surface area contributed by atoms with Crippen molar-refractivity contribution in [1.82, 2.24) is 0 Å². The predicted octanol–water partition coefficient (Wildman–Crippen LogP) is 7.19. The third kappa shape index (κ3) is 10.2. The van der Waals surface area contributed by atoms with Crippen molar-refractivity contribution in [3.8, 4) is 0 Å². The summed E-state index contributed by atoms with van der Waals surface area (Å²) in [5.74, 6) is 0. The Bertz CT molecular complexity index is 303. The number of aliphatic hydroxyl groups is 1. The second-order valence-corrected chi connectivity index (χ2v) is 8.22. The van der Waals surface area contributed by atoms with Gasteiger partial charge in [-0.1, -0.05) is 89.7 Å². The van der Waals surface area contributed by atoms with Gasteiger partial charge >= 0.3 is 0 Å². The standard InChI is InChI=1S/C22H42O/c1-22(2)19-15-14-18-21(22)17-13-11-9-7-5-3-4-6-8-10-12-16-20-23/h18,23H,3-17,19-20H2,1-2H3. The van der Waals surface area contributed by atoms with Crippen LogP contribution in [0.1, 0.15) is 117 Å². The summed E-state index contributed by atoms with van der Waals surface area (Å²) in [6.07, 6.45) is 24.2. The molecule has 0 spiro atoms. The van der Waals surface area contributed by atoms with E-state index in [1.807, 2.05) is 0 Å². The smallest absolute Gasteiger partial charge is 0.0431 e. The Morgan fingerprint density at radius 1 is 0.783 bits per heavy atom. The van der Waals surface area contributed by atoms with E-state index in [-0.39, 0.29) is 0 Å². The monoisotopic (exact) mass is 322 g/mol. The molecule has 0 saturated carbocycles. The lowest BCUT2D eigenvalue weighted by Crippen LogP contribution is -2.18. The molecule has 1 heteroatoms. The Labute approximate surface area is 146 Å². The Kier molecular flexibility index (Phi) is 11.8. The molecule has 23 heavy (non-hydrogen) atoms. The van der Waals surface area contributed by atoms with E-state index in [4.69, 9.17) is 5.11 Å². The van der Waals surface area contributed by atoms with Crippen molar-refractivity contribution < 1.29 is 5.11 Å². The Hall–Kier alpha value is -0.300. The molecule has 136 valence electrons. The Balaban J connectivity index is 1.84. The topological polar surface area (TPSA) is 20.2 Å². The summed E-state index contributed by atoms with van der Waals surface area (Å²) in [7, 11) is 0. The van der Waals surface area contributed by atoms with Crippen LogP contribution < -0.4 is 0 Å². The van der Waals surface area contributed by atoms with Crippen LogP contribution in [0.4, 0.5) is 0 Å². The summed E-state index contributed by atoms with van der Waals surface area (Å²) in [4.78, 5) is 0. The van der Waals surface area contributed by atoms with Crippen LogP contribution in [0, 0.1) is 5.41 Å². The van der Waals surface area contributed by atoms with Gasteiger partial charge in [0.05, 0.1) is 0 Å². The lowest BCUT2D eigenvalue weighted by molar-refractivity contribution is 0.282. The molecule has 1 aliphatic carbocycles. The highest BCUT2D eigenvalue weighted by molar-refractivity contribution is 5.14. The van der Waals surface area contributed by atoms with Gasteiger partial charge < -0.3 is 5.11 Å². The molecule has 0 saturated heterocycles. The van der Waals surface area contributed by atoms with E-state index in [2.05, 4.69) is 19.9 Å². The molecule has 0 fully saturated rings. The van der Waals surface area contributed by atoms with E-state index in [1.54, 1.807) is 5.57 Å². The number of hydrogen-bond acceptors (Lipinski definition) is 1. The summed E-state index contributed by atoms with van der Waals surface area (Å²) >= 11 is 0. The molecular formula is C22H42O. The Morgan fingerprint density at radius 2 is 1.26 bits per heavy atom. The van der Waals surface area contributed by atoms with E-state index < -0.39 is 0 Å². The number of aliphatic hydroxyl groups excluding tert-OH is 1. The quantitative estimate of drug-likeness (QED) is 0.265. The number of allylic oxidation sites excluding steroid dienone is 2. The highest BCUT2D eigenvalue weighted by Gasteiger charge is 2.24. The van der Waals surface area contributed by atoms with E-state index in [1.165, 1.54) is 96.3 Å². The fourth-order valence-electron chi connectivity index (χ4n) is 3.89. The molecule has 1 rings (SSSR count). The molecule has 1 N–H and O–H groups in total. The predicted molar refractivity (Wildman–Crippen MR) is 103 cm³/mol. The molecule has 0 bridgehead atoms. The lowest BCUT2D eigenvalue weighted by atomic mass is 9.74. The minimum Gasteiger partial charge on any atom is -0.396 e. The van der Waals surface area contributed by atoms with Crippen molar-refractivity contribution in [3.05, 3.63) is 11.6 Å². The van der Waals surface area contributed by atoms with Crippen LogP contribution in [0.15, 0.2) is 11.6 Å². The average molecular weight is 323 g/mol. The molecule has 0 amide bonds. The van der Waals surface area contributed by atoms with Gasteiger partial charge in [-0.2, -0.15) is 0 Å². The van der Waals surface area contributed by atoms with E-state index in [9.17, 15) is 0 Å².